The van der Waals surface area contributed by atoms with Crippen molar-refractivity contribution in [3.63, 3.8) is 0 Å². The van der Waals surface area contributed by atoms with Crippen molar-refractivity contribution < 1.29 is 14.5 Å². The highest BCUT2D eigenvalue weighted by molar-refractivity contribution is 7.10. The van der Waals surface area contributed by atoms with Crippen molar-refractivity contribution in [2.75, 3.05) is 0 Å². The van der Waals surface area contributed by atoms with Gasteiger partial charge in [0, 0.05) is 28.0 Å². The minimum absolute atomic E-state index is 0.0975. The summed E-state index contributed by atoms with van der Waals surface area (Å²) in [7, 11) is 0. The molecule has 1 unspecified atom stereocenters. The predicted molar refractivity (Wildman–Crippen MR) is 93.5 cm³/mol. The van der Waals surface area contributed by atoms with Gasteiger partial charge in [-0.1, -0.05) is 6.92 Å². The van der Waals surface area contributed by atoms with Gasteiger partial charge in [-0.2, -0.15) is 0 Å². The van der Waals surface area contributed by atoms with Gasteiger partial charge in [0.2, 0.25) is 0 Å². The molecular formula is C17H17N3O4S. The van der Waals surface area contributed by atoms with Crippen LogP contribution in [0, 0.1) is 16.0 Å². The van der Waals surface area contributed by atoms with Crippen molar-refractivity contribution in [2.24, 2.45) is 5.92 Å². The summed E-state index contributed by atoms with van der Waals surface area (Å²) < 4.78 is 0. The van der Waals surface area contributed by atoms with Gasteiger partial charge < -0.3 is 0 Å². The van der Waals surface area contributed by atoms with E-state index in [-0.39, 0.29) is 17.2 Å². The normalized spacial score (nSPS) is 16.0. The molecule has 25 heavy (non-hydrogen) atoms. The highest BCUT2D eigenvalue weighted by Gasteiger charge is 2.23. The van der Waals surface area contributed by atoms with Crippen LogP contribution in [0.15, 0.2) is 29.6 Å². The van der Waals surface area contributed by atoms with Crippen molar-refractivity contribution >= 4 is 28.8 Å². The molecule has 0 spiro atoms. The van der Waals surface area contributed by atoms with Gasteiger partial charge in [-0.25, -0.2) is 0 Å². The number of rotatable bonds is 3. The first-order valence-electron chi connectivity index (χ1n) is 7.90. The van der Waals surface area contributed by atoms with Crippen LogP contribution in [-0.4, -0.2) is 16.7 Å². The maximum Gasteiger partial charge on any atom is 0.270 e. The van der Waals surface area contributed by atoms with Gasteiger partial charge in [0.05, 0.1) is 10.5 Å². The summed E-state index contributed by atoms with van der Waals surface area (Å²) in [5.74, 6) is -0.243. The fourth-order valence-electron chi connectivity index (χ4n) is 2.86. The third-order valence-electron chi connectivity index (χ3n) is 4.28. The summed E-state index contributed by atoms with van der Waals surface area (Å²) in [6, 6.07) is 5.17. The van der Waals surface area contributed by atoms with Crippen molar-refractivity contribution in [3.8, 4) is 0 Å². The summed E-state index contributed by atoms with van der Waals surface area (Å²) in [6.45, 7) is 2.20. The topological polar surface area (TPSA) is 101 Å². The number of hydrazine groups is 1. The molecule has 2 aromatic rings. The van der Waals surface area contributed by atoms with E-state index in [9.17, 15) is 19.7 Å². The number of fused-ring (bicyclic) bond motifs is 1. The zero-order valence-corrected chi connectivity index (χ0v) is 14.4. The number of nitrogens with one attached hydrogen (secondary N) is 2. The van der Waals surface area contributed by atoms with Crippen LogP contribution in [0.3, 0.4) is 0 Å². The van der Waals surface area contributed by atoms with Crippen LogP contribution >= 0.6 is 11.3 Å². The average Bonchev–Trinajstić information content (AvgIpc) is 3.02. The third kappa shape index (κ3) is 3.69. The summed E-state index contributed by atoms with van der Waals surface area (Å²) >= 11 is 1.58. The lowest BCUT2D eigenvalue weighted by Crippen LogP contribution is -2.41. The van der Waals surface area contributed by atoms with E-state index in [1.165, 1.54) is 29.1 Å². The van der Waals surface area contributed by atoms with Crippen LogP contribution in [0.2, 0.25) is 0 Å². The van der Waals surface area contributed by atoms with E-state index in [1.54, 1.807) is 11.3 Å². The maximum atomic E-state index is 12.3. The van der Waals surface area contributed by atoms with E-state index in [2.05, 4.69) is 17.8 Å². The number of hydrogen-bond acceptors (Lipinski definition) is 5. The molecule has 7 nitrogen and oxygen atoms in total. The van der Waals surface area contributed by atoms with Gasteiger partial charge in [0.15, 0.2) is 0 Å². The quantitative estimate of drug-likeness (QED) is 0.650. The highest BCUT2D eigenvalue weighted by atomic mass is 32.1. The smallest absolute Gasteiger partial charge is 0.267 e. The average molecular weight is 359 g/mol. The molecule has 2 amide bonds. The Morgan fingerprint density at radius 1 is 1.20 bits per heavy atom. The van der Waals surface area contributed by atoms with Crippen molar-refractivity contribution in [1.29, 1.82) is 0 Å². The number of nitro groups is 1. The molecule has 1 aliphatic rings. The largest absolute Gasteiger partial charge is 0.270 e. The fourth-order valence-corrected chi connectivity index (χ4v) is 4.10. The lowest BCUT2D eigenvalue weighted by atomic mass is 9.88. The molecule has 1 aliphatic carbocycles. The van der Waals surface area contributed by atoms with E-state index in [0.717, 1.165) is 24.8 Å². The molecule has 1 aromatic heterocycles. The lowest BCUT2D eigenvalue weighted by molar-refractivity contribution is -0.384. The van der Waals surface area contributed by atoms with Crippen LogP contribution in [0.25, 0.3) is 0 Å². The maximum absolute atomic E-state index is 12.3. The molecule has 0 fully saturated rings. The zero-order chi connectivity index (χ0) is 18.0. The molecule has 0 saturated carbocycles. The first kappa shape index (κ1) is 17.1. The Bertz CT molecular complexity index is 829. The molecule has 1 aromatic carbocycles. The van der Waals surface area contributed by atoms with Crippen LogP contribution in [0.1, 0.15) is 44.5 Å². The Kier molecular flexibility index (Phi) is 4.80. The number of carbonyl (C=O) groups excluding carboxylic acids is 2. The van der Waals surface area contributed by atoms with E-state index >= 15 is 0 Å². The van der Waals surface area contributed by atoms with Crippen molar-refractivity contribution in [3.05, 3.63) is 61.3 Å². The Hall–Kier alpha value is -2.74. The molecule has 0 radical (unpaired) electrons. The Morgan fingerprint density at radius 2 is 1.88 bits per heavy atom. The number of hydrogen-bond donors (Lipinski definition) is 2. The van der Waals surface area contributed by atoms with Gasteiger partial charge in [-0.05, 0) is 42.9 Å². The SMILES string of the molecule is CC1CCc2c(C(=O)NNC(=O)c3ccc([N+](=O)[O-])cc3)csc2C1. The van der Waals surface area contributed by atoms with Crippen LogP contribution in [-0.2, 0) is 12.8 Å². The number of benzene rings is 1. The second kappa shape index (κ2) is 7.02. The van der Waals surface area contributed by atoms with E-state index in [0.29, 0.717) is 11.5 Å². The monoisotopic (exact) mass is 359 g/mol. The Labute approximate surface area is 148 Å². The van der Waals surface area contributed by atoms with Crippen molar-refractivity contribution in [2.45, 2.75) is 26.2 Å². The van der Waals surface area contributed by atoms with Gasteiger partial charge in [-0.15, -0.1) is 11.3 Å². The highest BCUT2D eigenvalue weighted by Crippen LogP contribution is 2.32. The summed E-state index contributed by atoms with van der Waals surface area (Å²) in [4.78, 5) is 35.7. The van der Waals surface area contributed by atoms with E-state index < -0.39 is 10.8 Å². The van der Waals surface area contributed by atoms with Gasteiger partial charge in [0.1, 0.15) is 0 Å². The van der Waals surface area contributed by atoms with E-state index in [4.69, 9.17) is 0 Å². The molecule has 130 valence electrons. The second-order valence-corrected chi connectivity index (χ2v) is 7.08. The fraction of sp³-hybridized carbons (Fsp3) is 0.294. The van der Waals surface area contributed by atoms with Gasteiger partial charge >= 0.3 is 0 Å². The minimum Gasteiger partial charge on any atom is -0.267 e. The number of thiophene rings is 1. The molecular weight excluding hydrogens is 342 g/mol. The molecule has 1 heterocycles. The number of amides is 2. The van der Waals surface area contributed by atoms with Gasteiger partial charge in [0.25, 0.3) is 17.5 Å². The zero-order valence-electron chi connectivity index (χ0n) is 13.6. The van der Waals surface area contributed by atoms with Crippen LogP contribution < -0.4 is 10.9 Å². The molecule has 0 saturated heterocycles. The molecule has 2 N–H and O–H groups in total. The Balaban J connectivity index is 1.62. The molecule has 1 atom stereocenters. The number of carbonyl (C=O) groups is 2. The van der Waals surface area contributed by atoms with Gasteiger partial charge in [-0.3, -0.25) is 30.6 Å². The first-order chi connectivity index (χ1) is 12.0. The number of non-ortho nitro benzene ring substituents is 1. The lowest BCUT2D eigenvalue weighted by Gasteiger charge is -2.18. The standard InChI is InChI=1S/C17H17N3O4S/c1-10-2-7-13-14(9-25-15(13)8-10)17(22)19-18-16(21)11-3-5-12(6-4-11)20(23)24/h3-6,9-10H,2,7-8H2,1H3,(H,18,21)(H,19,22). The third-order valence-corrected chi connectivity index (χ3v) is 5.33. The van der Waals surface area contributed by atoms with Crippen molar-refractivity contribution in [1.82, 2.24) is 10.9 Å². The molecule has 0 bridgehead atoms. The Morgan fingerprint density at radius 3 is 2.56 bits per heavy atom. The molecule has 8 heteroatoms. The number of nitro benzene ring substituents is 1. The van der Waals surface area contributed by atoms with Crippen LogP contribution in [0.5, 0.6) is 0 Å². The minimum atomic E-state index is -0.538. The summed E-state index contributed by atoms with van der Waals surface area (Å²) in [5.41, 5.74) is 6.58. The molecule has 3 rings (SSSR count). The van der Waals surface area contributed by atoms with E-state index in [1.807, 2.05) is 5.38 Å². The summed E-state index contributed by atoms with van der Waals surface area (Å²) in [5, 5.41) is 12.4. The predicted octanol–water partition coefficient (Wildman–Crippen LogP) is 2.86. The number of nitrogens with zero attached hydrogens (tertiary/aromatic N) is 1. The first-order valence-corrected chi connectivity index (χ1v) is 8.78. The van der Waals surface area contributed by atoms with Crippen LogP contribution in [0.4, 0.5) is 5.69 Å². The molecule has 0 aliphatic heterocycles. The summed E-state index contributed by atoms with van der Waals surface area (Å²) in [6.07, 6.45) is 2.92. The second-order valence-electron chi connectivity index (χ2n) is 6.11.